The molecule has 1 N–H and O–H groups in total. The van der Waals surface area contributed by atoms with Gasteiger partial charge in [0, 0.05) is 17.2 Å². The molecule has 0 amide bonds. The molecule has 1 aromatic carbocycles. The number of aromatic nitrogens is 2. The fourth-order valence-corrected chi connectivity index (χ4v) is 1.90. The highest BCUT2D eigenvalue weighted by atomic mass is 32.1. The van der Waals surface area contributed by atoms with E-state index in [4.69, 9.17) is 0 Å². The molecular weight excluding hydrogens is 241 g/mol. The molecule has 2 aromatic rings. The maximum Gasteiger partial charge on any atom is 0.207 e. The normalized spacial score (nSPS) is 10.2. The number of hydrogen-bond donors (Lipinski definition) is 1. The van der Waals surface area contributed by atoms with Crippen LogP contribution in [0.2, 0.25) is 0 Å². The summed E-state index contributed by atoms with van der Waals surface area (Å²) in [6.45, 7) is 1.49. The summed E-state index contributed by atoms with van der Waals surface area (Å²) in [6, 6.07) is 6.07. The average Bonchev–Trinajstić information content (AvgIpc) is 2.64. The summed E-state index contributed by atoms with van der Waals surface area (Å²) < 4.78 is 17.0. The zero-order chi connectivity index (χ0) is 12.3. The molecule has 0 spiro atoms. The predicted molar refractivity (Wildman–Crippen MR) is 64.0 cm³/mol. The summed E-state index contributed by atoms with van der Waals surface area (Å²) in [6.07, 6.45) is 0.224. The van der Waals surface area contributed by atoms with Gasteiger partial charge >= 0.3 is 0 Å². The van der Waals surface area contributed by atoms with Gasteiger partial charge in [-0.15, -0.1) is 0 Å². The van der Waals surface area contributed by atoms with E-state index < -0.39 is 0 Å². The van der Waals surface area contributed by atoms with Gasteiger partial charge in [0.1, 0.15) is 11.6 Å². The number of rotatable bonds is 4. The molecule has 0 aliphatic carbocycles. The van der Waals surface area contributed by atoms with Crippen molar-refractivity contribution in [3.05, 3.63) is 35.9 Å². The van der Waals surface area contributed by atoms with Crippen molar-refractivity contribution in [2.45, 2.75) is 13.3 Å². The van der Waals surface area contributed by atoms with Crippen molar-refractivity contribution >= 4 is 28.1 Å². The number of carbonyl (C=O) groups excluding carboxylic acids is 1. The first-order valence-corrected chi connectivity index (χ1v) is 5.75. The SMILES string of the molecule is CC(=O)Cc1nsc(Nc2cccc(F)c2)n1. The molecule has 0 radical (unpaired) electrons. The maximum atomic E-state index is 12.9. The third-order valence-electron chi connectivity index (χ3n) is 1.95. The van der Waals surface area contributed by atoms with Gasteiger partial charge in [-0.2, -0.15) is 4.37 Å². The van der Waals surface area contributed by atoms with E-state index >= 15 is 0 Å². The molecule has 0 aliphatic rings. The maximum absolute atomic E-state index is 12.9. The van der Waals surface area contributed by atoms with E-state index in [-0.39, 0.29) is 18.0 Å². The highest BCUT2D eigenvalue weighted by Gasteiger charge is 2.06. The highest BCUT2D eigenvalue weighted by Crippen LogP contribution is 2.19. The summed E-state index contributed by atoms with van der Waals surface area (Å²) in [4.78, 5) is 15.0. The van der Waals surface area contributed by atoms with Gasteiger partial charge in [0.25, 0.3) is 0 Å². The van der Waals surface area contributed by atoms with Crippen molar-refractivity contribution in [1.29, 1.82) is 0 Å². The second-order valence-electron chi connectivity index (χ2n) is 3.53. The van der Waals surface area contributed by atoms with Crippen molar-refractivity contribution < 1.29 is 9.18 Å². The number of carbonyl (C=O) groups is 1. The van der Waals surface area contributed by atoms with E-state index in [2.05, 4.69) is 14.7 Å². The van der Waals surface area contributed by atoms with Crippen LogP contribution in [-0.2, 0) is 11.2 Å². The number of halogens is 1. The molecule has 0 aliphatic heterocycles. The number of ketones is 1. The van der Waals surface area contributed by atoms with Crippen molar-refractivity contribution in [3.8, 4) is 0 Å². The second kappa shape index (κ2) is 5.01. The van der Waals surface area contributed by atoms with Crippen LogP contribution in [0.25, 0.3) is 0 Å². The van der Waals surface area contributed by atoms with Crippen molar-refractivity contribution in [3.63, 3.8) is 0 Å². The number of nitrogens with zero attached hydrogens (tertiary/aromatic N) is 2. The molecule has 1 heterocycles. The summed E-state index contributed by atoms with van der Waals surface area (Å²) in [5.41, 5.74) is 0.607. The molecule has 1 aromatic heterocycles. The Morgan fingerprint density at radius 3 is 3.06 bits per heavy atom. The Hall–Kier alpha value is -1.82. The minimum absolute atomic E-state index is 0.0140. The van der Waals surface area contributed by atoms with Crippen molar-refractivity contribution in [2.75, 3.05) is 5.32 Å². The lowest BCUT2D eigenvalue weighted by molar-refractivity contribution is -0.116. The molecule has 0 saturated carbocycles. The highest BCUT2D eigenvalue weighted by molar-refractivity contribution is 7.09. The first-order chi connectivity index (χ1) is 8.13. The summed E-state index contributed by atoms with van der Waals surface area (Å²) in [7, 11) is 0. The number of benzene rings is 1. The van der Waals surface area contributed by atoms with E-state index in [0.29, 0.717) is 16.6 Å². The molecule has 2 rings (SSSR count). The Bertz CT molecular complexity index is 541. The van der Waals surface area contributed by atoms with Gasteiger partial charge in [-0.25, -0.2) is 9.37 Å². The van der Waals surface area contributed by atoms with Crippen LogP contribution in [0.5, 0.6) is 0 Å². The number of anilines is 2. The third-order valence-corrected chi connectivity index (χ3v) is 2.62. The second-order valence-corrected chi connectivity index (χ2v) is 4.28. The monoisotopic (exact) mass is 251 g/mol. The molecular formula is C11H10FN3OS. The van der Waals surface area contributed by atoms with Crippen molar-refractivity contribution in [1.82, 2.24) is 9.36 Å². The quantitative estimate of drug-likeness (QED) is 0.907. The Labute approximate surface area is 102 Å². The van der Waals surface area contributed by atoms with Crippen LogP contribution in [0.4, 0.5) is 15.2 Å². The number of hydrogen-bond acceptors (Lipinski definition) is 5. The smallest absolute Gasteiger partial charge is 0.207 e. The molecule has 6 heteroatoms. The van der Waals surface area contributed by atoms with Gasteiger partial charge in [0.2, 0.25) is 5.13 Å². The van der Waals surface area contributed by atoms with Gasteiger partial charge in [0.05, 0.1) is 6.42 Å². The van der Waals surface area contributed by atoms with Crippen LogP contribution >= 0.6 is 11.5 Å². The van der Waals surface area contributed by atoms with Crippen LogP contribution in [0.1, 0.15) is 12.7 Å². The van der Waals surface area contributed by atoms with Gasteiger partial charge in [-0.3, -0.25) is 4.79 Å². The van der Waals surface area contributed by atoms with Crippen LogP contribution < -0.4 is 5.32 Å². The van der Waals surface area contributed by atoms with Gasteiger partial charge in [-0.05, 0) is 25.1 Å². The average molecular weight is 251 g/mol. The molecule has 0 bridgehead atoms. The largest absolute Gasteiger partial charge is 0.330 e. The Kier molecular flexibility index (Phi) is 3.43. The molecule has 0 saturated heterocycles. The topological polar surface area (TPSA) is 54.9 Å². The van der Waals surface area contributed by atoms with Crippen molar-refractivity contribution in [2.24, 2.45) is 0 Å². The zero-order valence-corrected chi connectivity index (χ0v) is 9.92. The van der Waals surface area contributed by atoms with E-state index in [1.807, 2.05) is 0 Å². The molecule has 88 valence electrons. The van der Waals surface area contributed by atoms with Gasteiger partial charge < -0.3 is 5.32 Å². The molecule has 0 atom stereocenters. The number of Topliss-reactive ketones (excluding diaryl/α,β-unsaturated/α-hetero) is 1. The minimum atomic E-state index is -0.316. The summed E-state index contributed by atoms with van der Waals surface area (Å²) in [5, 5.41) is 3.48. The fraction of sp³-hybridized carbons (Fsp3) is 0.182. The van der Waals surface area contributed by atoms with E-state index in [1.54, 1.807) is 12.1 Å². The number of nitrogens with one attached hydrogen (secondary N) is 1. The molecule has 0 unspecified atom stereocenters. The van der Waals surface area contributed by atoms with Gasteiger partial charge in [0.15, 0.2) is 5.82 Å². The summed E-state index contributed by atoms with van der Waals surface area (Å²) >= 11 is 1.15. The van der Waals surface area contributed by atoms with E-state index in [0.717, 1.165) is 11.5 Å². The first kappa shape index (κ1) is 11.7. The van der Waals surface area contributed by atoms with Crippen LogP contribution in [0.15, 0.2) is 24.3 Å². The predicted octanol–water partition coefficient (Wildman–Crippen LogP) is 2.55. The van der Waals surface area contributed by atoms with E-state index in [9.17, 15) is 9.18 Å². The van der Waals surface area contributed by atoms with Crippen LogP contribution in [0.3, 0.4) is 0 Å². The summed E-state index contributed by atoms with van der Waals surface area (Å²) in [5.74, 6) is 0.185. The van der Waals surface area contributed by atoms with Crippen LogP contribution in [0, 0.1) is 5.82 Å². The van der Waals surface area contributed by atoms with Gasteiger partial charge in [-0.1, -0.05) is 6.07 Å². The fourth-order valence-electron chi connectivity index (χ4n) is 1.29. The van der Waals surface area contributed by atoms with E-state index in [1.165, 1.54) is 19.1 Å². The Morgan fingerprint density at radius 1 is 1.53 bits per heavy atom. The minimum Gasteiger partial charge on any atom is -0.330 e. The standard InChI is InChI=1S/C11H10FN3OS/c1-7(16)5-10-14-11(17-15-10)13-9-4-2-3-8(12)6-9/h2-4,6H,5H2,1H3,(H,13,14,15). The lowest BCUT2D eigenvalue weighted by Gasteiger charge is -2.00. The zero-order valence-electron chi connectivity index (χ0n) is 9.11. The third kappa shape index (κ3) is 3.32. The molecule has 4 nitrogen and oxygen atoms in total. The first-order valence-electron chi connectivity index (χ1n) is 4.98. The molecule has 17 heavy (non-hydrogen) atoms. The van der Waals surface area contributed by atoms with Crippen LogP contribution in [-0.4, -0.2) is 15.1 Å². The Morgan fingerprint density at radius 2 is 2.35 bits per heavy atom. The lowest BCUT2D eigenvalue weighted by atomic mass is 10.3. The molecule has 0 fully saturated rings. The Balaban J connectivity index is 2.08. The lowest BCUT2D eigenvalue weighted by Crippen LogP contribution is -1.98.